The molecular weight excluding hydrogens is 232 g/mol. The minimum absolute atomic E-state index is 0.295. The number of unbranched alkanes of at least 4 members (excludes halogenated alkanes) is 3. The van der Waals surface area contributed by atoms with E-state index in [2.05, 4.69) is 16.9 Å². The summed E-state index contributed by atoms with van der Waals surface area (Å²) in [6, 6.07) is 0. The molecule has 6 nitrogen and oxygen atoms in total. The molecule has 0 atom stereocenters. The van der Waals surface area contributed by atoms with Crippen molar-refractivity contribution in [1.29, 1.82) is 0 Å². The number of rotatable bonds is 5. The molecule has 0 bridgehead atoms. The van der Waals surface area contributed by atoms with Gasteiger partial charge in [0, 0.05) is 13.6 Å². The van der Waals surface area contributed by atoms with Gasteiger partial charge in [-0.05, 0) is 6.42 Å². The second-order valence-electron chi connectivity index (χ2n) is 4.46. The predicted octanol–water partition coefficient (Wildman–Crippen LogP) is 1.00. The van der Waals surface area contributed by atoms with Crippen LogP contribution in [-0.4, -0.2) is 19.1 Å². The summed E-state index contributed by atoms with van der Waals surface area (Å²) in [6.45, 7) is 2.75. The SMILES string of the molecule is CCCCCCn1c(=O)n(C)c(=O)c2[nH]cnc21. The van der Waals surface area contributed by atoms with Gasteiger partial charge < -0.3 is 4.98 Å². The van der Waals surface area contributed by atoms with Crippen LogP contribution in [-0.2, 0) is 13.6 Å². The molecule has 0 radical (unpaired) electrons. The molecule has 0 aliphatic heterocycles. The van der Waals surface area contributed by atoms with E-state index in [-0.39, 0.29) is 11.2 Å². The quantitative estimate of drug-likeness (QED) is 0.805. The average molecular weight is 250 g/mol. The molecule has 0 saturated heterocycles. The molecule has 0 aliphatic rings. The summed E-state index contributed by atoms with van der Waals surface area (Å²) >= 11 is 0. The van der Waals surface area contributed by atoms with E-state index in [0.29, 0.717) is 17.7 Å². The van der Waals surface area contributed by atoms with Gasteiger partial charge in [0.1, 0.15) is 5.52 Å². The summed E-state index contributed by atoms with van der Waals surface area (Å²) < 4.78 is 2.70. The van der Waals surface area contributed by atoms with E-state index < -0.39 is 0 Å². The first-order chi connectivity index (χ1) is 8.66. The van der Waals surface area contributed by atoms with Gasteiger partial charge in [0.25, 0.3) is 5.56 Å². The van der Waals surface area contributed by atoms with Crippen LogP contribution >= 0.6 is 0 Å². The molecule has 6 heteroatoms. The molecule has 1 N–H and O–H groups in total. The lowest BCUT2D eigenvalue weighted by Gasteiger charge is -2.08. The van der Waals surface area contributed by atoms with Gasteiger partial charge in [-0.2, -0.15) is 0 Å². The zero-order valence-corrected chi connectivity index (χ0v) is 10.8. The minimum atomic E-state index is -0.322. The molecule has 0 unspecified atom stereocenters. The van der Waals surface area contributed by atoms with Gasteiger partial charge >= 0.3 is 5.69 Å². The van der Waals surface area contributed by atoms with E-state index in [1.807, 2.05) is 0 Å². The van der Waals surface area contributed by atoms with Crippen molar-refractivity contribution in [3.63, 3.8) is 0 Å². The van der Waals surface area contributed by atoms with E-state index in [0.717, 1.165) is 30.3 Å². The Morgan fingerprint density at radius 1 is 1.28 bits per heavy atom. The number of nitrogens with one attached hydrogen (secondary N) is 1. The number of hydrogen-bond acceptors (Lipinski definition) is 3. The first kappa shape index (κ1) is 12.6. The number of aromatic amines is 1. The molecule has 0 fully saturated rings. The van der Waals surface area contributed by atoms with Gasteiger partial charge in [-0.15, -0.1) is 0 Å². The molecule has 2 aromatic rings. The van der Waals surface area contributed by atoms with Crippen LogP contribution in [0.25, 0.3) is 11.2 Å². The number of imidazole rings is 1. The molecule has 0 aliphatic carbocycles. The fourth-order valence-corrected chi connectivity index (χ4v) is 2.07. The maximum atomic E-state index is 12.0. The molecular formula is C12H18N4O2. The number of H-pyrrole nitrogens is 1. The predicted molar refractivity (Wildman–Crippen MR) is 69.7 cm³/mol. The van der Waals surface area contributed by atoms with Crippen LogP contribution < -0.4 is 11.2 Å². The number of nitrogens with zero attached hydrogens (tertiary/aromatic N) is 3. The fraction of sp³-hybridized carbons (Fsp3) is 0.583. The monoisotopic (exact) mass is 250 g/mol. The largest absolute Gasteiger partial charge is 0.339 e. The molecule has 0 amide bonds. The molecule has 98 valence electrons. The van der Waals surface area contributed by atoms with Crippen LogP contribution in [0.2, 0.25) is 0 Å². The Labute approximate surface area is 104 Å². The number of aryl methyl sites for hydroxylation is 1. The third kappa shape index (κ3) is 2.10. The molecule has 2 heterocycles. The lowest BCUT2D eigenvalue weighted by Crippen LogP contribution is -2.38. The summed E-state index contributed by atoms with van der Waals surface area (Å²) in [4.78, 5) is 30.7. The Hall–Kier alpha value is -1.85. The summed E-state index contributed by atoms with van der Waals surface area (Å²) in [6.07, 6.45) is 5.77. The van der Waals surface area contributed by atoms with Crippen LogP contribution in [0.5, 0.6) is 0 Å². The zero-order chi connectivity index (χ0) is 13.1. The molecule has 18 heavy (non-hydrogen) atoms. The van der Waals surface area contributed by atoms with Crippen LogP contribution in [0.4, 0.5) is 0 Å². The second kappa shape index (κ2) is 5.20. The van der Waals surface area contributed by atoms with Crippen molar-refractivity contribution in [1.82, 2.24) is 19.1 Å². The van der Waals surface area contributed by atoms with Gasteiger partial charge in [0.15, 0.2) is 5.65 Å². The lowest BCUT2D eigenvalue weighted by atomic mass is 10.2. The van der Waals surface area contributed by atoms with Crippen LogP contribution in [0, 0.1) is 0 Å². The van der Waals surface area contributed by atoms with Crippen molar-refractivity contribution < 1.29 is 0 Å². The first-order valence-electron chi connectivity index (χ1n) is 6.29. The Balaban J connectivity index is 2.40. The fourth-order valence-electron chi connectivity index (χ4n) is 2.07. The Kier molecular flexibility index (Phi) is 3.64. The number of fused-ring (bicyclic) bond motifs is 1. The number of aromatic nitrogens is 4. The first-order valence-corrected chi connectivity index (χ1v) is 6.29. The molecule has 0 spiro atoms. The van der Waals surface area contributed by atoms with Crippen molar-refractivity contribution in [2.24, 2.45) is 7.05 Å². The highest BCUT2D eigenvalue weighted by Gasteiger charge is 2.12. The van der Waals surface area contributed by atoms with Crippen molar-refractivity contribution >= 4 is 11.2 Å². The van der Waals surface area contributed by atoms with Crippen LogP contribution in [0.15, 0.2) is 15.9 Å². The van der Waals surface area contributed by atoms with E-state index in [9.17, 15) is 9.59 Å². The summed E-state index contributed by atoms with van der Waals surface area (Å²) in [5.74, 6) is 0. The molecule has 2 aromatic heterocycles. The van der Waals surface area contributed by atoms with E-state index >= 15 is 0 Å². The summed E-state index contributed by atoms with van der Waals surface area (Å²) in [5.41, 5.74) is 0.237. The van der Waals surface area contributed by atoms with Gasteiger partial charge in [0.2, 0.25) is 0 Å². The van der Waals surface area contributed by atoms with Gasteiger partial charge in [-0.25, -0.2) is 9.78 Å². The second-order valence-corrected chi connectivity index (χ2v) is 4.46. The number of hydrogen-bond donors (Lipinski definition) is 1. The molecule has 0 aromatic carbocycles. The van der Waals surface area contributed by atoms with Gasteiger partial charge in [-0.3, -0.25) is 13.9 Å². The third-order valence-corrected chi connectivity index (χ3v) is 3.15. The third-order valence-electron chi connectivity index (χ3n) is 3.15. The molecule has 2 rings (SSSR count). The maximum Gasteiger partial charge on any atom is 0.332 e. The maximum absolute atomic E-state index is 12.0. The Morgan fingerprint density at radius 3 is 2.78 bits per heavy atom. The standard InChI is InChI=1S/C12H18N4O2/c1-3-4-5-6-7-16-10-9(13-8-14-10)11(17)15(2)12(16)18/h8H,3-7H2,1-2H3,(H,13,14). The van der Waals surface area contributed by atoms with Crippen molar-refractivity contribution in [2.75, 3.05) is 0 Å². The minimum Gasteiger partial charge on any atom is -0.339 e. The average Bonchev–Trinajstić information content (AvgIpc) is 2.84. The van der Waals surface area contributed by atoms with Crippen LogP contribution in [0.3, 0.4) is 0 Å². The van der Waals surface area contributed by atoms with Crippen LogP contribution in [0.1, 0.15) is 32.6 Å². The highest BCUT2D eigenvalue weighted by atomic mass is 16.2. The highest BCUT2D eigenvalue weighted by molar-refractivity contribution is 5.68. The van der Waals surface area contributed by atoms with Gasteiger partial charge in [0.05, 0.1) is 6.33 Å². The van der Waals surface area contributed by atoms with E-state index in [1.165, 1.54) is 13.4 Å². The Morgan fingerprint density at radius 2 is 2.06 bits per heavy atom. The van der Waals surface area contributed by atoms with Crippen molar-refractivity contribution in [3.05, 3.63) is 27.2 Å². The summed E-state index contributed by atoms with van der Waals surface area (Å²) in [5, 5.41) is 0. The smallest absolute Gasteiger partial charge is 0.332 e. The molecule has 0 saturated carbocycles. The van der Waals surface area contributed by atoms with E-state index in [4.69, 9.17) is 0 Å². The lowest BCUT2D eigenvalue weighted by molar-refractivity contribution is 0.554. The summed E-state index contributed by atoms with van der Waals surface area (Å²) in [7, 11) is 1.49. The van der Waals surface area contributed by atoms with Gasteiger partial charge in [-0.1, -0.05) is 26.2 Å². The zero-order valence-electron chi connectivity index (χ0n) is 10.8. The topological polar surface area (TPSA) is 72.7 Å². The normalized spacial score (nSPS) is 11.2. The van der Waals surface area contributed by atoms with E-state index in [1.54, 1.807) is 4.57 Å². The Bertz CT molecular complexity index is 650. The van der Waals surface area contributed by atoms with Crippen molar-refractivity contribution in [2.45, 2.75) is 39.2 Å². The highest BCUT2D eigenvalue weighted by Crippen LogP contribution is 2.05. The van der Waals surface area contributed by atoms with Crippen molar-refractivity contribution in [3.8, 4) is 0 Å².